The molecule has 2 aliphatic rings. The van der Waals surface area contributed by atoms with E-state index in [1.165, 1.54) is 4.90 Å². The van der Waals surface area contributed by atoms with Gasteiger partial charge >= 0.3 is 12.0 Å². The summed E-state index contributed by atoms with van der Waals surface area (Å²) in [7, 11) is 0. The summed E-state index contributed by atoms with van der Waals surface area (Å²) in [6, 6.07) is 4.67. The minimum absolute atomic E-state index is 0.0279. The van der Waals surface area contributed by atoms with Crippen LogP contribution in [0.5, 0.6) is 11.5 Å². The average molecular weight is 278 g/mol. The van der Waals surface area contributed by atoms with Crippen LogP contribution in [0.25, 0.3) is 0 Å². The van der Waals surface area contributed by atoms with E-state index >= 15 is 0 Å². The monoisotopic (exact) mass is 278 g/mol. The number of nitrogens with one attached hydrogen (secondary N) is 1. The van der Waals surface area contributed by atoms with Gasteiger partial charge in [-0.1, -0.05) is 0 Å². The maximum atomic E-state index is 12.1. The van der Waals surface area contributed by atoms with Crippen molar-refractivity contribution in [2.75, 3.05) is 18.7 Å². The van der Waals surface area contributed by atoms with Gasteiger partial charge in [0.05, 0.1) is 0 Å². The van der Waals surface area contributed by atoms with E-state index in [1.54, 1.807) is 18.2 Å². The molecule has 0 unspecified atom stereocenters. The first-order valence-electron chi connectivity index (χ1n) is 6.32. The smallest absolute Gasteiger partial charge is 0.323 e. The Labute approximate surface area is 115 Å². The molecule has 1 aliphatic carbocycles. The van der Waals surface area contributed by atoms with E-state index < -0.39 is 12.0 Å². The lowest BCUT2D eigenvalue weighted by atomic mass is 10.3. The largest absolute Gasteiger partial charge is 0.480 e. The number of fused-ring (bicyclic) bond motifs is 1. The van der Waals surface area contributed by atoms with Gasteiger partial charge in [0.15, 0.2) is 11.5 Å². The molecule has 0 atom stereocenters. The van der Waals surface area contributed by atoms with E-state index in [4.69, 9.17) is 14.6 Å². The molecule has 1 aromatic carbocycles. The highest BCUT2D eigenvalue weighted by molar-refractivity contribution is 5.92. The Morgan fingerprint density at radius 3 is 2.75 bits per heavy atom. The predicted octanol–water partition coefficient (Wildman–Crippen LogP) is 1.50. The fourth-order valence-corrected chi connectivity index (χ4v) is 2.07. The highest BCUT2D eigenvalue weighted by Crippen LogP contribution is 2.34. The summed E-state index contributed by atoms with van der Waals surface area (Å²) in [4.78, 5) is 24.2. The highest BCUT2D eigenvalue weighted by atomic mass is 16.7. The number of amides is 2. The summed E-state index contributed by atoms with van der Waals surface area (Å²) in [5, 5.41) is 11.5. The molecule has 0 aromatic heterocycles. The first-order chi connectivity index (χ1) is 9.63. The molecule has 2 amide bonds. The summed E-state index contributed by atoms with van der Waals surface area (Å²) in [6.45, 7) is -0.124. The van der Waals surface area contributed by atoms with E-state index in [-0.39, 0.29) is 19.4 Å². The van der Waals surface area contributed by atoms with Crippen LogP contribution in [0.1, 0.15) is 12.8 Å². The number of urea groups is 1. The standard InChI is InChI=1S/C13H14N2O5/c16-12(17)6-15(9-2-3-9)13(18)14-8-1-4-10-11(5-8)20-7-19-10/h1,4-5,9H,2-3,6-7H2,(H,14,18)(H,16,17). The van der Waals surface area contributed by atoms with Crippen molar-refractivity contribution in [3.8, 4) is 11.5 Å². The molecule has 7 nitrogen and oxygen atoms in total. The fourth-order valence-electron chi connectivity index (χ4n) is 2.07. The molecule has 0 bridgehead atoms. The number of carbonyl (C=O) groups excluding carboxylic acids is 1. The summed E-state index contributed by atoms with van der Waals surface area (Å²) in [5.41, 5.74) is 0.551. The number of rotatable bonds is 4. The van der Waals surface area contributed by atoms with E-state index in [2.05, 4.69) is 5.32 Å². The molecule has 1 aliphatic heterocycles. The van der Waals surface area contributed by atoms with Crippen molar-refractivity contribution in [1.29, 1.82) is 0 Å². The number of benzene rings is 1. The number of nitrogens with zero attached hydrogens (tertiary/aromatic N) is 1. The number of carboxylic acids is 1. The molecule has 0 saturated heterocycles. The molecule has 106 valence electrons. The third kappa shape index (κ3) is 2.61. The lowest BCUT2D eigenvalue weighted by molar-refractivity contribution is -0.137. The Morgan fingerprint density at radius 2 is 2.05 bits per heavy atom. The third-order valence-electron chi connectivity index (χ3n) is 3.18. The average Bonchev–Trinajstić information content (AvgIpc) is 3.13. The number of ether oxygens (including phenoxy) is 2. The van der Waals surface area contributed by atoms with Crippen LogP contribution in [0.3, 0.4) is 0 Å². The van der Waals surface area contributed by atoms with Crippen LogP contribution in [-0.2, 0) is 4.79 Å². The SMILES string of the molecule is O=C(O)CN(C(=O)Nc1ccc2c(c1)OCO2)C1CC1. The fraction of sp³-hybridized carbons (Fsp3) is 0.385. The van der Waals surface area contributed by atoms with Crippen molar-refractivity contribution >= 4 is 17.7 Å². The van der Waals surface area contributed by atoms with E-state index in [9.17, 15) is 9.59 Å². The Hall–Kier alpha value is -2.44. The molecule has 2 N–H and O–H groups in total. The Morgan fingerprint density at radius 1 is 1.30 bits per heavy atom. The van der Waals surface area contributed by atoms with Gasteiger partial charge in [-0.2, -0.15) is 0 Å². The van der Waals surface area contributed by atoms with Gasteiger partial charge in [0.2, 0.25) is 6.79 Å². The quantitative estimate of drug-likeness (QED) is 0.871. The van der Waals surface area contributed by atoms with Crippen LogP contribution in [0, 0.1) is 0 Å². The lowest BCUT2D eigenvalue weighted by Crippen LogP contribution is -2.40. The van der Waals surface area contributed by atoms with Crippen LogP contribution >= 0.6 is 0 Å². The van der Waals surface area contributed by atoms with Gasteiger partial charge in [-0.05, 0) is 25.0 Å². The molecule has 1 aromatic rings. The Balaban J connectivity index is 1.69. The van der Waals surface area contributed by atoms with Crippen LogP contribution in [0.4, 0.5) is 10.5 Å². The Kier molecular flexibility index (Phi) is 3.09. The minimum Gasteiger partial charge on any atom is -0.480 e. The zero-order valence-electron chi connectivity index (χ0n) is 10.7. The van der Waals surface area contributed by atoms with Gasteiger partial charge in [-0.25, -0.2) is 4.79 Å². The third-order valence-corrected chi connectivity index (χ3v) is 3.18. The molecule has 20 heavy (non-hydrogen) atoms. The van der Waals surface area contributed by atoms with E-state index in [0.717, 1.165) is 12.8 Å². The van der Waals surface area contributed by atoms with Gasteiger partial charge in [-0.3, -0.25) is 4.79 Å². The van der Waals surface area contributed by atoms with Crippen molar-refractivity contribution < 1.29 is 24.2 Å². The molecule has 1 fully saturated rings. The predicted molar refractivity (Wildman–Crippen MR) is 68.9 cm³/mol. The molecule has 7 heteroatoms. The summed E-state index contributed by atoms with van der Waals surface area (Å²) >= 11 is 0. The van der Waals surface area contributed by atoms with Crippen molar-refractivity contribution in [2.24, 2.45) is 0 Å². The number of hydrogen-bond donors (Lipinski definition) is 2. The minimum atomic E-state index is -1.02. The number of carbonyl (C=O) groups is 2. The molecule has 0 radical (unpaired) electrons. The number of anilines is 1. The molecule has 1 heterocycles. The lowest BCUT2D eigenvalue weighted by Gasteiger charge is -2.20. The van der Waals surface area contributed by atoms with Crippen LogP contribution in [-0.4, -0.2) is 41.4 Å². The van der Waals surface area contributed by atoms with Gasteiger partial charge in [0.25, 0.3) is 0 Å². The zero-order chi connectivity index (χ0) is 14.1. The van der Waals surface area contributed by atoms with Crippen molar-refractivity contribution in [2.45, 2.75) is 18.9 Å². The van der Waals surface area contributed by atoms with Crippen molar-refractivity contribution in [3.05, 3.63) is 18.2 Å². The summed E-state index contributed by atoms with van der Waals surface area (Å²) < 4.78 is 10.4. The van der Waals surface area contributed by atoms with Crippen LogP contribution in [0.2, 0.25) is 0 Å². The molecule has 0 spiro atoms. The van der Waals surface area contributed by atoms with Gasteiger partial charge < -0.3 is 24.8 Å². The van der Waals surface area contributed by atoms with Crippen LogP contribution in [0.15, 0.2) is 18.2 Å². The Bertz CT molecular complexity index is 556. The first kappa shape index (κ1) is 12.6. The second-order valence-electron chi connectivity index (χ2n) is 4.75. The second-order valence-corrected chi connectivity index (χ2v) is 4.75. The van der Waals surface area contributed by atoms with Crippen molar-refractivity contribution in [1.82, 2.24) is 4.90 Å². The van der Waals surface area contributed by atoms with E-state index in [0.29, 0.717) is 17.2 Å². The number of carboxylic acid groups (broad SMARTS) is 1. The van der Waals surface area contributed by atoms with Gasteiger partial charge in [-0.15, -0.1) is 0 Å². The van der Waals surface area contributed by atoms with Gasteiger partial charge in [0.1, 0.15) is 6.54 Å². The number of aliphatic carboxylic acids is 1. The maximum absolute atomic E-state index is 12.1. The first-order valence-corrected chi connectivity index (χ1v) is 6.32. The summed E-state index contributed by atoms with van der Waals surface area (Å²) in [5.74, 6) is 0.185. The second kappa shape index (κ2) is 4.92. The highest BCUT2D eigenvalue weighted by Gasteiger charge is 2.34. The molecule has 3 rings (SSSR count). The van der Waals surface area contributed by atoms with Gasteiger partial charge in [0, 0.05) is 17.8 Å². The maximum Gasteiger partial charge on any atom is 0.323 e. The molecule has 1 saturated carbocycles. The number of hydrogen-bond acceptors (Lipinski definition) is 4. The molecular weight excluding hydrogens is 264 g/mol. The van der Waals surface area contributed by atoms with Crippen LogP contribution < -0.4 is 14.8 Å². The van der Waals surface area contributed by atoms with Crippen molar-refractivity contribution in [3.63, 3.8) is 0 Å². The summed E-state index contributed by atoms with van der Waals surface area (Å²) in [6.07, 6.45) is 1.70. The molecular formula is C13H14N2O5. The normalized spacial score (nSPS) is 15.8. The topological polar surface area (TPSA) is 88.1 Å². The van der Waals surface area contributed by atoms with E-state index in [1.807, 2.05) is 0 Å². The zero-order valence-corrected chi connectivity index (χ0v) is 10.7.